The number of nitrogens with zero attached hydrogens (tertiary/aromatic N) is 2. The van der Waals surface area contributed by atoms with Crippen molar-refractivity contribution in [2.24, 2.45) is 0 Å². The Morgan fingerprint density at radius 1 is 0.667 bits per heavy atom. The van der Waals surface area contributed by atoms with Crippen LogP contribution in [0.1, 0.15) is 24.2 Å². The first kappa shape index (κ1) is 21.2. The van der Waals surface area contributed by atoms with Crippen LogP contribution in [0.3, 0.4) is 0 Å². The number of anilines is 2. The molecule has 3 rings (SSSR count). The summed E-state index contributed by atoms with van der Waals surface area (Å²) in [6.45, 7) is 1.38. The lowest BCUT2D eigenvalue weighted by molar-refractivity contribution is -0.131. The van der Waals surface area contributed by atoms with Crippen LogP contribution in [0.5, 0.6) is 11.5 Å². The first-order chi connectivity index (χ1) is 14.3. The molecule has 5 nitrogen and oxygen atoms in total. The molecule has 0 heterocycles. The number of esters is 1. The first-order valence-electron chi connectivity index (χ1n) is 9.83. The van der Waals surface area contributed by atoms with E-state index in [2.05, 4.69) is 58.3 Å². The monoisotopic (exact) mass is 404 g/mol. The predicted molar refractivity (Wildman–Crippen MR) is 122 cm³/mol. The lowest BCUT2D eigenvalue weighted by atomic mass is 10.0. The maximum absolute atomic E-state index is 11.1. The maximum atomic E-state index is 11.1. The van der Waals surface area contributed by atoms with Gasteiger partial charge in [0.15, 0.2) is 0 Å². The van der Waals surface area contributed by atoms with Crippen molar-refractivity contribution in [2.75, 3.05) is 38.0 Å². The van der Waals surface area contributed by atoms with Gasteiger partial charge in [0, 0.05) is 46.5 Å². The largest absolute Gasteiger partial charge is 0.481 e. The van der Waals surface area contributed by atoms with Crippen LogP contribution in [0, 0.1) is 0 Å². The van der Waals surface area contributed by atoms with E-state index in [9.17, 15) is 4.79 Å². The molecule has 0 spiro atoms. The van der Waals surface area contributed by atoms with Gasteiger partial charge in [0.1, 0.15) is 17.6 Å². The summed E-state index contributed by atoms with van der Waals surface area (Å²) in [5.41, 5.74) is 4.38. The fraction of sp³-hybridized carbons (Fsp3) is 0.240. The molecule has 0 unspecified atom stereocenters. The molecule has 0 aromatic heterocycles. The Hall–Kier alpha value is -3.47. The third-order valence-electron chi connectivity index (χ3n) is 4.76. The van der Waals surface area contributed by atoms with Crippen LogP contribution >= 0.6 is 0 Å². The molecule has 0 N–H and O–H groups in total. The lowest BCUT2D eigenvalue weighted by Gasteiger charge is -2.22. The normalized spacial score (nSPS) is 10.6. The van der Waals surface area contributed by atoms with E-state index < -0.39 is 0 Å². The van der Waals surface area contributed by atoms with Gasteiger partial charge >= 0.3 is 5.97 Å². The fourth-order valence-electron chi connectivity index (χ4n) is 3.11. The number of hydrogen-bond acceptors (Lipinski definition) is 5. The summed E-state index contributed by atoms with van der Waals surface area (Å²) in [6.07, 6.45) is -0.267. The van der Waals surface area contributed by atoms with Crippen molar-refractivity contribution in [1.29, 1.82) is 0 Å². The smallest absolute Gasteiger partial charge is 0.308 e. The number of ether oxygens (including phenoxy) is 2. The quantitative estimate of drug-likeness (QED) is 0.413. The van der Waals surface area contributed by atoms with Crippen molar-refractivity contribution in [1.82, 2.24) is 0 Å². The zero-order valence-corrected chi connectivity index (χ0v) is 18.1. The van der Waals surface area contributed by atoms with Gasteiger partial charge < -0.3 is 19.3 Å². The molecule has 3 aromatic rings. The highest BCUT2D eigenvalue weighted by Gasteiger charge is 2.17. The second kappa shape index (κ2) is 9.35. The zero-order valence-electron chi connectivity index (χ0n) is 18.1. The Balaban J connectivity index is 1.91. The number of benzene rings is 3. The Kier molecular flexibility index (Phi) is 6.62. The van der Waals surface area contributed by atoms with E-state index in [0.29, 0.717) is 11.5 Å². The van der Waals surface area contributed by atoms with Gasteiger partial charge in [0.05, 0.1) is 0 Å². The SMILES string of the molecule is CC(=O)Oc1ccc(OC(c2ccc(N(C)C)cc2)c2ccc(N(C)C)cc2)cc1. The zero-order chi connectivity index (χ0) is 21.7. The van der Waals surface area contributed by atoms with Gasteiger partial charge in [-0.3, -0.25) is 4.79 Å². The van der Waals surface area contributed by atoms with Gasteiger partial charge in [-0.1, -0.05) is 24.3 Å². The van der Waals surface area contributed by atoms with Crippen LogP contribution in [0.25, 0.3) is 0 Å². The summed E-state index contributed by atoms with van der Waals surface area (Å²) in [5, 5.41) is 0. The van der Waals surface area contributed by atoms with Gasteiger partial charge in [-0.05, 0) is 59.7 Å². The summed E-state index contributed by atoms with van der Waals surface area (Å²) in [7, 11) is 8.09. The highest BCUT2D eigenvalue weighted by Crippen LogP contribution is 2.31. The molecule has 0 bridgehead atoms. The number of hydrogen-bond donors (Lipinski definition) is 0. The number of rotatable bonds is 7. The molecule has 3 aromatic carbocycles. The molecular weight excluding hydrogens is 376 g/mol. The van der Waals surface area contributed by atoms with Crippen LogP contribution < -0.4 is 19.3 Å². The number of carbonyl (C=O) groups is 1. The molecule has 0 saturated carbocycles. The second-order valence-electron chi connectivity index (χ2n) is 7.53. The summed E-state index contributed by atoms with van der Waals surface area (Å²) in [5.74, 6) is 0.852. The van der Waals surface area contributed by atoms with Crippen molar-refractivity contribution >= 4 is 17.3 Å². The Bertz CT molecular complexity index is 911. The van der Waals surface area contributed by atoms with E-state index in [1.807, 2.05) is 40.3 Å². The Morgan fingerprint density at radius 2 is 1.07 bits per heavy atom. The molecule has 30 heavy (non-hydrogen) atoms. The van der Waals surface area contributed by atoms with Crippen LogP contribution in [0.15, 0.2) is 72.8 Å². The molecule has 0 amide bonds. The minimum absolute atomic E-state index is 0.267. The van der Waals surface area contributed by atoms with Crippen LogP contribution in [-0.4, -0.2) is 34.2 Å². The highest BCUT2D eigenvalue weighted by molar-refractivity contribution is 5.69. The minimum Gasteiger partial charge on any atom is -0.481 e. The lowest BCUT2D eigenvalue weighted by Crippen LogP contribution is -2.12. The topological polar surface area (TPSA) is 42.0 Å². The second-order valence-corrected chi connectivity index (χ2v) is 7.53. The Labute approximate surface area is 178 Å². The van der Waals surface area contributed by atoms with E-state index in [1.54, 1.807) is 12.1 Å². The van der Waals surface area contributed by atoms with Crippen molar-refractivity contribution in [3.8, 4) is 11.5 Å². The maximum Gasteiger partial charge on any atom is 0.308 e. The van der Waals surface area contributed by atoms with Gasteiger partial charge in [0.25, 0.3) is 0 Å². The summed E-state index contributed by atoms with van der Waals surface area (Å²) >= 11 is 0. The predicted octanol–water partition coefficient (Wildman–Crippen LogP) is 4.91. The highest BCUT2D eigenvalue weighted by atomic mass is 16.5. The standard InChI is InChI=1S/C25H28N2O3/c1-18(28)29-23-14-16-24(17-15-23)30-25(19-6-10-21(11-7-19)26(2)3)20-8-12-22(13-9-20)27(4)5/h6-17,25H,1-5H3. The van der Waals surface area contributed by atoms with Crippen LogP contribution in [0.4, 0.5) is 11.4 Å². The van der Waals surface area contributed by atoms with Gasteiger partial charge in [-0.15, -0.1) is 0 Å². The molecule has 0 aliphatic carbocycles. The average molecular weight is 405 g/mol. The van der Waals surface area contributed by atoms with Crippen LogP contribution in [0.2, 0.25) is 0 Å². The molecular formula is C25H28N2O3. The summed E-state index contributed by atoms with van der Waals surface area (Å²) < 4.78 is 11.5. The van der Waals surface area contributed by atoms with Gasteiger partial charge in [-0.2, -0.15) is 0 Å². The van der Waals surface area contributed by atoms with Gasteiger partial charge in [-0.25, -0.2) is 0 Å². The molecule has 0 fully saturated rings. The number of carbonyl (C=O) groups excluding carboxylic acids is 1. The molecule has 5 heteroatoms. The molecule has 0 atom stereocenters. The van der Waals surface area contributed by atoms with E-state index in [0.717, 1.165) is 22.5 Å². The molecule has 0 saturated heterocycles. The first-order valence-corrected chi connectivity index (χ1v) is 9.83. The third-order valence-corrected chi connectivity index (χ3v) is 4.76. The Morgan fingerprint density at radius 3 is 1.43 bits per heavy atom. The van der Waals surface area contributed by atoms with E-state index in [-0.39, 0.29) is 12.1 Å². The van der Waals surface area contributed by atoms with E-state index in [1.165, 1.54) is 6.92 Å². The average Bonchev–Trinajstić information content (AvgIpc) is 2.73. The van der Waals surface area contributed by atoms with Crippen molar-refractivity contribution in [3.63, 3.8) is 0 Å². The summed E-state index contributed by atoms with van der Waals surface area (Å²) in [6, 6.07) is 23.8. The van der Waals surface area contributed by atoms with Crippen molar-refractivity contribution < 1.29 is 14.3 Å². The third kappa shape index (κ3) is 5.32. The van der Waals surface area contributed by atoms with E-state index in [4.69, 9.17) is 9.47 Å². The molecule has 156 valence electrons. The fourth-order valence-corrected chi connectivity index (χ4v) is 3.11. The van der Waals surface area contributed by atoms with Crippen molar-refractivity contribution in [2.45, 2.75) is 13.0 Å². The van der Waals surface area contributed by atoms with Crippen LogP contribution in [-0.2, 0) is 4.79 Å². The molecule has 0 aliphatic rings. The van der Waals surface area contributed by atoms with Gasteiger partial charge in [0.2, 0.25) is 0 Å². The molecule has 0 radical (unpaired) electrons. The van der Waals surface area contributed by atoms with E-state index >= 15 is 0 Å². The minimum atomic E-state index is -0.344. The summed E-state index contributed by atoms with van der Waals surface area (Å²) in [4.78, 5) is 15.3. The van der Waals surface area contributed by atoms with Crippen molar-refractivity contribution in [3.05, 3.63) is 83.9 Å². The molecule has 0 aliphatic heterocycles.